The number of alkyl halides is 3. The van der Waals surface area contributed by atoms with Crippen LogP contribution in [0.1, 0.15) is 5.69 Å². The van der Waals surface area contributed by atoms with Crippen LogP contribution in [0, 0.1) is 0 Å². The summed E-state index contributed by atoms with van der Waals surface area (Å²) in [5.74, 6) is 4.72. The summed E-state index contributed by atoms with van der Waals surface area (Å²) in [5.41, 5.74) is 0.908. The first kappa shape index (κ1) is 16.4. The maximum atomic E-state index is 12.6. The van der Waals surface area contributed by atoms with Gasteiger partial charge in [0.15, 0.2) is 5.69 Å². The number of nitrogens with zero attached hydrogens (tertiary/aromatic N) is 2. The summed E-state index contributed by atoms with van der Waals surface area (Å²) in [6, 6.07) is 0.802. The first-order valence-corrected chi connectivity index (χ1v) is 5.71. The molecule has 0 spiro atoms. The van der Waals surface area contributed by atoms with Crippen LogP contribution in [0.2, 0.25) is 0 Å². The van der Waals surface area contributed by atoms with Crippen molar-refractivity contribution in [2.45, 2.75) is 6.18 Å². The van der Waals surface area contributed by atoms with Crippen molar-refractivity contribution in [3.63, 3.8) is 0 Å². The van der Waals surface area contributed by atoms with E-state index in [1.807, 2.05) is 5.43 Å². The van der Waals surface area contributed by atoms with E-state index in [4.69, 9.17) is 15.3 Å². The van der Waals surface area contributed by atoms with Crippen molar-refractivity contribution in [1.29, 1.82) is 0 Å². The van der Waals surface area contributed by atoms with E-state index >= 15 is 0 Å². The van der Waals surface area contributed by atoms with Crippen molar-refractivity contribution in [3.05, 3.63) is 11.8 Å². The van der Waals surface area contributed by atoms with E-state index in [0.717, 1.165) is 6.07 Å². The van der Waals surface area contributed by atoms with Gasteiger partial charge >= 0.3 is 6.18 Å². The van der Waals surface area contributed by atoms with Crippen LogP contribution in [0.25, 0.3) is 0 Å². The van der Waals surface area contributed by atoms with Gasteiger partial charge in [-0.1, -0.05) is 0 Å². The van der Waals surface area contributed by atoms with Crippen molar-refractivity contribution < 1.29 is 22.6 Å². The fraction of sp³-hybridized carbons (Fsp3) is 0.600. The molecule has 7 nitrogen and oxygen atoms in total. The SMILES string of the molecule is COCCOCCNc1cc(C(F)(F)F)nc(NN)n1. The predicted molar refractivity (Wildman–Crippen MR) is 66.0 cm³/mol. The van der Waals surface area contributed by atoms with Gasteiger partial charge in [-0.25, -0.2) is 10.8 Å². The number of anilines is 2. The van der Waals surface area contributed by atoms with Crippen LogP contribution in [0.4, 0.5) is 24.9 Å². The molecule has 0 aliphatic heterocycles. The molecule has 0 saturated heterocycles. The Kier molecular flexibility index (Phi) is 6.42. The summed E-state index contributed by atoms with van der Waals surface area (Å²) in [7, 11) is 1.54. The zero-order valence-corrected chi connectivity index (χ0v) is 10.8. The van der Waals surface area contributed by atoms with Crippen LogP contribution in [0.3, 0.4) is 0 Å². The van der Waals surface area contributed by atoms with Crippen molar-refractivity contribution in [2.75, 3.05) is 44.2 Å². The number of hydrazine groups is 1. The third-order valence-corrected chi connectivity index (χ3v) is 2.13. The van der Waals surface area contributed by atoms with Crippen LogP contribution in [0.5, 0.6) is 0 Å². The van der Waals surface area contributed by atoms with Gasteiger partial charge in [0, 0.05) is 19.7 Å². The predicted octanol–water partition coefficient (Wildman–Crippen LogP) is 0.856. The number of aromatic nitrogens is 2. The number of halogens is 3. The summed E-state index contributed by atoms with van der Waals surface area (Å²) in [4.78, 5) is 6.99. The molecule has 0 radical (unpaired) electrons. The van der Waals surface area contributed by atoms with E-state index in [9.17, 15) is 13.2 Å². The highest BCUT2D eigenvalue weighted by molar-refractivity contribution is 5.42. The number of nitrogens with two attached hydrogens (primary N) is 1. The molecule has 1 rings (SSSR count). The molecule has 1 aromatic heterocycles. The van der Waals surface area contributed by atoms with Gasteiger partial charge in [0.05, 0.1) is 19.8 Å². The molecule has 4 N–H and O–H groups in total. The van der Waals surface area contributed by atoms with Crippen molar-refractivity contribution >= 4 is 11.8 Å². The average molecular weight is 295 g/mol. The molecule has 0 unspecified atom stereocenters. The molecule has 0 aliphatic carbocycles. The molecular formula is C10H16F3N5O2. The number of nitrogens with one attached hydrogen (secondary N) is 2. The highest BCUT2D eigenvalue weighted by atomic mass is 19.4. The van der Waals surface area contributed by atoms with Gasteiger partial charge in [-0.3, -0.25) is 5.43 Å². The first-order chi connectivity index (χ1) is 9.47. The van der Waals surface area contributed by atoms with Crippen molar-refractivity contribution in [1.82, 2.24) is 9.97 Å². The molecule has 0 saturated carbocycles. The maximum Gasteiger partial charge on any atom is 0.433 e. The largest absolute Gasteiger partial charge is 0.433 e. The molecule has 114 valence electrons. The molecule has 0 fully saturated rings. The number of methoxy groups -OCH3 is 1. The fourth-order valence-electron chi connectivity index (χ4n) is 1.24. The van der Waals surface area contributed by atoms with Gasteiger partial charge in [-0.2, -0.15) is 18.2 Å². The summed E-state index contributed by atoms with van der Waals surface area (Å²) in [6.07, 6.45) is -4.57. The van der Waals surface area contributed by atoms with E-state index < -0.39 is 11.9 Å². The van der Waals surface area contributed by atoms with Crippen molar-refractivity contribution in [3.8, 4) is 0 Å². The number of rotatable bonds is 8. The Morgan fingerprint density at radius 2 is 2.00 bits per heavy atom. The van der Waals surface area contributed by atoms with E-state index in [-0.39, 0.29) is 11.8 Å². The molecule has 0 atom stereocenters. The highest BCUT2D eigenvalue weighted by Gasteiger charge is 2.33. The van der Waals surface area contributed by atoms with Gasteiger partial charge in [0.2, 0.25) is 5.95 Å². The lowest BCUT2D eigenvalue weighted by Gasteiger charge is -2.11. The highest BCUT2D eigenvalue weighted by Crippen LogP contribution is 2.29. The van der Waals surface area contributed by atoms with E-state index in [1.165, 1.54) is 0 Å². The standard InChI is InChI=1S/C10H16F3N5O2/c1-19-4-5-20-3-2-15-8-6-7(10(11,12)13)16-9(17-8)18-14/h6H,2-5,14H2,1H3,(H2,15,16,17,18). The Hall–Kier alpha value is -1.65. The zero-order chi connectivity index (χ0) is 15.0. The van der Waals surface area contributed by atoms with Crippen LogP contribution < -0.4 is 16.6 Å². The topological polar surface area (TPSA) is 94.3 Å². The minimum atomic E-state index is -4.57. The number of hydrogen-bond acceptors (Lipinski definition) is 7. The third kappa shape index (κ3) is 5.55. The minimum absolute atomic E-state index is 0.00983. The van der Waals surface area contributed by atoms with E-state index in [2.05, 4.69) is 15.3 Å². The number of ether oxygens (including phenoxy) is 2. The molecule has 1 heterocycles. The monoisotopic (exact) mass is 295 g/mol. The summed E-state index contributed by atoms with van der Waals surface area (Å²) in [5, 5.41) is 2.70. The quantitative estimate of drug-likeness (QED) is 0.372. The second-order valence-electron chi connectivity index (χ2n) is 3.64. The Morgan fingerprint density at radius 1 is 1.25 bits per heavy atom. The zero-order valence-electron chi connectivity index (χ0n) is 10.8. The van der Waals surface area contributed by atoms with Gasteiger partial charge in [0.25, 0.3) is 0 Å². The molecule has 0 aromatic carbocycles. The Labute approximate surface area is 113 Å². The third-order valence-electron chi connectivity index (χ3n) is 2.13. The molecule has 0 aliphatic rings. The van der Waals surface area contributed by atoms with Gasteiger partial charge < -0.3 is 14.8 Å². The fourth-order valence-corrected chi connectivity index (χ4v) is 1.24. The van der Waals surface area contributed by atoms with Crippen LogP contribution >= 0.6 is 0 Å². The van der Waals surface area contributed by atoms with Crippen LogP contribution in [-0.4, -0.2) is 43.4 Å². The molecular weight excluding hydrogens is 279 g/mol. The van der Waals surface area contributed by atoms with E-state index in [0.29, 0.717) is 26.4 Å². The lowest BCUT2D eigenvalue weighted by molar-refractivity contribution is -0.141. The second kappa shape index (κ2) is 7.82. The summed E-state index contributed by atoms with van der Waals surface area (Å²) >= 11 is 0. The van der Waals surface area contributed by atoms with Crippen LogP contribution in [0.15, 0.2) is 6.07 Å². The number of hydrogen-bond donors (Lipinski definition) is 3. The summed E-state index contributed by atoms with van der Waals surface area (Å²) < 4.78 is 47.7. The lowest BCUT2D eigenvalue weighted by Crippen LogP contribution is -2.18. The van der Waals surface area contributed by atoms with Crippen LogP contribution in [-0.2, 0) is 15.7 Å². The summed E-state index contributed by atoms with van der Waals surface area (Å²) in [6.45, 7) is 1.46. The smallest absolute Gasteiger partial charge is 0.382 e. The first-order valence-electron chi connectivity index (χ1n) is 5.71. The lowest BCUT2D eigenvalue weighted by atomic mass is 10.4. The normalized spacial score (nSPS) is 11.4. The van der Waals surface area contributed by atoms with E-state index in [1.54, 1.807) is 7.11 Å². The second-order valence-corrected chi connectivity index (χ2v) is 3.64. The number of nitrogen functional groups attached to an aromatic ring is 1. The minimum Gasteiger partial charge on any atom is -0.382 e. The van der Waals surface area contributed by atoms with Gasteiger partial charge in [-0.05, 0) is 0 Å². The molecule has 0 amide bonds. The average Bonchev–Trinajstić information content (AvgIpc) is 2.41. The molecule has 0 bridgehead atoms. The van der Waals surface area contributed by atoms with Crippen molar-refractivity contribution in [2.24, 2.45) is 5.84 Å². The van der Waals surface area contributed by atoms with Gasteiger partial charge in [-0.15, -0.1) is 0 Å². The maximum absolute atomic E-state index is 12.6. The Morgan fingerprint density at radius 3 is 2.60 bits per heavy atom. The molecule has 1 aromatic rings. The Bertz CT molecular complexity index is 416. The molecule has 20 heavy (non-hydrogen) atoms. The Balaban J connectivity index is 2.56. The van der Waals surface area contributed by atoms with Gasteiger partial charge in [0.1, 0.15) is 5.82 Å². The molecule has 10 heteroatoms.